The van der Waals surface area contributed by atoms with Crippen LogP contribution in [0.4, 0.5) is 0 Å². The molecule has 1 N–H and O–H groups in total. The van der Waals surface area contributed by atoms with Gasteiger partial charge in [0.1, 0.15) is 0 Å². The third-order valence-electron chi connectivity index (χ3n) is 3.44. The summed E-state index contributed by atoms with van der Waals surface area (Å²) in [5, 5.41) is 6.44. The largest absolute Gasteiger partial charge is 0.348 e. The third-order valence-corrected chi connectivity index (χ3v) is 4.54. The molecule has 0 saturated heterocycles. The fourth-order valence-electron chi connectivity index (χ4n) is 2.21. The Kier molecular flexibility index (Phi) is 4.74. The summed E-state index contributed by atoms with van der Waals surface area (Å²) in [6, 6.07) is 15.1. The Balaban J connectivity index is 1.65. The van der Waals surface area contributed by atoms with Crippen molar-refractivity contribution in [2.24, 2.45) is 0 Å². The molecule has 0 aliphatic rings. The predicted octanol–water partition coefficient (Wildman–Crippen LogP) is 4.70. The molecule has 0 fully saturated rings. The van der Waals surface area contributed by atoms with Gasteiger partial charge in [0.15, 0.2) is 0 Å². The van der Waals surface area contributed by atoms with Gasteiger partial charge in [-0.2, -0.15) is 0 Å². The van der Waals surface area contributed by atoms with Crippen molar-refractivity contribution in [3.63, 3.8) is 0 Å². The van der Waals surface area contributed by atoms with Crippen LogP contribution in [0.5, 0.6) is 0 Å². The first-order chi connectivity index (χ1) is 11.1. The van der Waals surface area contributed by atoms with E-state index < -0.39 is 0 Å². The fraction of sp³-hybridized carbons (Fsp3) is 0.111. The van der Waals surface area contributed by atoms with Crippen molar-refractivity contribution < 1.29 is 4.79 Å². The highest BCUT2D eigenvalue weighted by molar-refractivity contribution is 7.09. The monoisotopic (exact) mass is 342 g/mol. The number of nitrogens with one attached hydrogen (secondary N) is 1. The number of carbonyl (C=O) groups excluding carboxylic acids is 1. The Morgan fingerprint density at radius 2 is 1.91 bits per heavy atom. The van der Waals surface area contributed by atoms with E-state index >= 15 is 0 Å². The normalized spacial score (nSPS) is 10.5. The van der Waals surface area contributed by atoms with E-state index in [2.05, 4.69) is 10.3 Å². The molecule has 3 nitrogen and oxygen atoms in total. The number of amides is 1. The summed E-state index contributed by atoms with van der Waals surface area (Å²) in [6.07, 6.45) is 0. The van der Waals surface area contributed by atoms with E-state index in [4.69, 9.17) is 11.6 Å². The number of rotatable bonds is 4. The van der Waals surface area contributed by atoms with Crippen LogP contribution in [0.15, 0.2) is 53.9 Å². The van der Waals surface area contributed by atoms with Crippen molar-refractivity contribution in [2.45, 2.75) is 13.5 Å². The number of carbonyl (C=O) groups is 1. The first-order valence-electron chi connectivity index (χ1n) is 7.17. The summed E-state index contributed by atoms with van der Waals surface area (Å²) in [7, 11) is 0. The van der Waals surface area contributed by atoms with Crippen LogP contribution in [0.25, 0.3) is 11.3 Å². The lowest BCUT2D eigenvalue weighted by atomic mass is 10.1. The number of hydrogen-bond donors (Lipinski definition) is 1. The molecule has 5 heteroatoms. The SMILES string of the molecule is Cc1nc(-c2ccc(CNC(=O)c3ccccc3Cl)cc2)cs1. The predicted molar refractivity (Wildman–Crippen MR) is 94.9 cm³/mol. The summed E-state index contributed by atoms with van der Waals surface area (Å²) in [5.74, 6) is -0.171. The standard InChI is InChI=1S/C18H15ClN2OS/c1-12-21-17(11-23-12)14-8-6-13(7-9-14)10-20-18(22)15-4-2-3-5-16(15)19/h2-9,11H,10H2,1H3,(H,20,22). The van der Waals surface area contributed by atoms with Gasteiger partial charge in [-0.25, -0.2) is 4.98 Å². The van der Waals surface area contributed by atoms with Gasteiger partial charge in [0.25, 0.3) is 5.91 Å². The molecule has 3 aromatic rings. The van der Waals surface area contributed by atoms with Gasteiger partial charge in [-0.1, -0.05) is 48.0 Å². The van der Waals surface area contributed by atoms with Gasteiger partial charge in [0.05, 0.1) is 21.3 Å². The lowest BCUT2D eigenvalue weighted by Crippen LogP contribution is -2.23. The molecule has 0 unspecified atom stereocenters. The second-order valence-electron chi connectivity index (χ2n) is 5.11. The lowest BCUT2D eigenvalue weighted by molar-refractivity contribution is 0.0951. The molecule has 0 aliphatic carbocycles. The average Bonchev–Trinajstić information content (AvgIpc) is 3.00. The molecule has 0 radical (unpaired) electrons. The molecular weight excluding hydrogens is 328 g/mol. The minimum atomic E-state index is -0.171. The van der Waals surface area contributed by atoms with E-state index in [1.807, 2.05) is 36.6 Å². The van der Waals surface area contributed by atoms with E-state index in [9.17, 15) is 4.79 Å². The number of halogens is 1. The van der Waals surface area contributed by atoms with E-state index in [0.29, 0.717) is 17.1 Å². The van der Waals surface area contributed by atoms with Crippen LogP contribution >= 0.6 is 22.9 Å². The van der Waals surface area contributed by atoms with Gasteiger partial charge in [-0.3, -0.25) is 4.79 Å². The summed E-state index contributed by atoms with van der Waals surface area (Å²) >= 11 is 7.66. The highest BCUT2D eigenvalue weighted by atomic mass is 35.5. The summed E-state index contributed by atoms with van der Waals surface area (Å²) in [5.41, 5.74) is 3.58. The minimum Gasteiger partial charge on any atom is -0.348 e. The van der Waals surface area contributed by atoms with Crippen molar-refractivity contribution >= 4 is 28.8 Å². The van der Waals surface area contributed by atoms with Crippen molar-refractivity contribution in [3.8, 4) is 11.3 Å². The summed E-state index contributed by atoms with van der Waals surface area (Å²) < 4.78 is 0. The average molecular weight is 343 g/mol. The molecule has 0 aliphatic heterocycles. The number of benzene rings is 2. The summed E-state index contributed by atoms with van der Waals surface area (Å²) in [6.45, 7) is 2.45. The molecule has 1 aromatic heterocycles. The Labute approximate surface area is 144 Å². The highest BCUT2D eigenvalue weighted by Gasteiger charge is 2.09. The smallest absolute Gasteiger partial charge is 0.253 e. The van der Waals surface area contributed by atoms with E-state index in [1.54, 1.807) is 35.6 Å². The summed E-state index contributed by atoms with van der Waals surface area (Å²) in [4.78, 5) is 16.6. The van der Waals surface area contributed by atoms with Crippen LogP contribution in [0, 0.1) is 6.92 Å². The lowest BCUT2D eigenvalue weighted by Gasteiger charge is -2.07. The third kappa shape index (κ3) is 3.78. The molecule has 23 heavy (non-hydrogen) atoms. The zero-order valence-electron chi connectivity index (χ0n) is 12.5. The maximum Gasteiger partial charge on any atom is 0.253 e. The molecule has 2 aromatic carbocycles. The van der Waals surface area contributed by atoms with Crippen LogP contribution in [0.2, 0.25) is 5.02 Å². The molecule has 0 saturated carbocycles. The van der Waals surface area contributed by atoms with Crippen LogP contribution in [-0.4, -0.2) is 10.9 Å². The first-order valence-corrected chi connectivity index (χ1v) is 8.43. The maximum atomic E-state index is 12.1. The van der Waals surface area contributed by atoms with E-state index in [-0.39, 0.29) is 5.91 Å². The van der Waals surface area contributed by atoms with Crippen LogP contribution in [-0.2, 0) is 6.54 Å². The quantitative estimate of drug-likeness (QED) is 0.746. The maximum absolute atomic E-state index is 12.1. The Hall–Kier alpha value is -2.17. The van der Waals surface area contributed by atoms with Crippen LogP contribution in [0.1, 0.15) is 20.9 Å². The second-order valence-corrected chi connectivity index (χ2v) is 6.58. The number of thiazole rings is 1. The van der Waals surface area contributed by atoms with Gasteiger partial charge >= 0.3 is 0 Å². The van der Waals surface area contributed by atoms with Crippen molar-refractivity contribution in [3.05, 3.63) is 75.1 Å². The molecule has 1 amide bonds. The number of aryl methyl sites for hydroxylation is 1. The highest BCUT2D eigenvalue weighted by Crippen LogP contribution is 2.22. The first kappa shape index (κ1) is 15.7. The molecule has 0 spiro atoms. The molecule has 0 atom stereocenters. The number of nitrogens with zero attached hydrogens (tertiary/aromatic N) is 1. The van der Waals surface area contributed by atoms with Gasteiger partial charge in [0, 0.05) is 17.5 Å². The Bertz CT molecular complexity index is 827. The van der Waals surface area contributed by atoms with E-state index in [0.717, 1.165) is 21.8 Å². The van der Waals surface area contributed by atoms with Crippen molar-refractivity contribution in [2.75, 3.05) is 0 Å². The van der Waals surface area contributed by atoms with Gasteiger partial charge < -0.3 is 5.32 Å². The van der Waals surface area contributed by atoms with Crippen LogP contribution in [0.3, 0.4) is 0 Å². The molecular formula is C18H15ClN2OS. The van der Waals surface area contributed by atoms with Crippen molar-refractivity contribution in [1.29, 1.82) is 0 Å². The topological polar surface area (TPSA) is 42.0 Å². The zero-order valence-corrected chi connectivity index (χ0v) is 14.1. The van der Waals surface area contributed by atoms with Crippen molar-refractivity contribution in [1.82, 2.24) is 10.3 Å². The Morgan fingerprint density at radius 1 is 1.17 bits per heavy atom. The van der Waals surface area contributed by atoms with Gasteiger partial charge in [-0.05, 0) is 24.6 Å². The second kappa shape index (κ2) is 6.94. The molecule has 116 valence electrons. The number of hydrogen-bond acceptors (Lipinski definition) is 3. The molecule has 1 heterocycles. The minimum absolute atomic E-state index is 0.171. The molecule has 0 bridgehead atoms. The Morgan fingerprint density at radius 3 is 2.57 bits per heavy atom. The van der Waals surface area contributed by atoms with Gasteiger partial charge in [0.2, 0.25) is 0 Å². The fourth-order valence-corrected chi connectivity index (χ4v) is 3.06. The van der Waals surface area contributed by atoms with Gasteiger partial charge in [-0.15, -0.1) is 11.3 Å². The number of aromatic nitrogens is 1. The van der Waals surface area contributed by atoms with Crippen LogP contribution < -0.4 is 5.32 Å². The van der Waals surface area contributed by atoms with E-state index in [1.165, 1.54) is 0 Å². The zero-order chi connectivity index (χ0) is 16.2. The molecule has 3 rings (SSSR count).